The van der Waals surface area contributed by atoms with Gasteiger partial charge in [0, 0.05) is 19.6 Å². The van der Waals surface area contributed by atoms with Gasteiger partial charge in [-0.05, 0) is 31.9 Å². The van der Waals surface area contributed by atoms with E-state index in [4.69, 9.17) is 4.74 Å². The average molecular weight is 245 g/mol. The minimum Gasteiger partial charge on any atom is -0.373 e. The number of ether oxygens (including phenoxy) is 1. The van der Waals surface area contributed by atoms with Crippen LogP contribution in [-0.2, 0) is 11.3 Å². The van der Waals surface area contributed by atoms with Crippen molar-refractivity contribution in [2.24, 2.45) is 0 Å². The Kier molecular flexibility index (Phi) is 4.56. The molecule has 1 heterocycles. The highest BCUT2D eigenvalue weighted by atomic mass is 16.5. The van der Waals surface area contributed by atoms with E-state index < -0.39 is 0 Å². The molecule has 1 fully saturated rings. The molecule has 2 unspecified atom stereocenters. The second kappa shape index (κ2) is 6.17. The molecule has 0 spiro atoms. The monoisotopic (exact) mass is 245 g/mol. The molecule has 2 rings (SSSR count). The van der Waals surface area contributed by atoms with E-state index in [1.54, 1.807) is 0 Å². The molecule has 1 aliphatic rings. The van der Waals surface area contributed by atoms with Crippen molar-refractivity contribution in [1.82, 2.24) is 4.90 Å². The predicted octanol–water partition coefficient (Wildman–Crippen LogP) is 3.33. The van der Waals surface area contributed by atoms with Gasteiger partial charge in [0.15, 0.2) is 0 Å². The van der Waals surface area contributed by atoms with E-state index in [0.717, 1.165) is 19.6 Å². The summed E-state index contributed by atoms with van der Waals surface area (Å²) in [6.07, 6.45) is 4.88. The van der Waals surface area contributed by atoms with Crippen LogP contribution in [-0.4, -0.2) is 30.2 Å². The molecule has 0 bridgehead atoms. The van der Waals surface area contributed by atoms with Gasteiger partial charge in [0.2, 0.25) is 0 Å². The van der Waals surface area contributed by atoms with Crippen LogP contribution in [0.5, 0.6) is 0 Å². The fourth-order valence-corrected chi connectivity index (χ4v) is 2.60. The van der Waals surface area contributed by atoms with Crippen LogP contribution in [0.1, 0.15) is 31.9 Å². The highest BCUT2D eigenvalue weighted by molar-refractivity contribution is 5.49. The van der Waals surface area contributed by atoms with Crippen molar-refractivity contribution in [3.63, 3.8) is 0 Å². The quantitative estimate of drug-likeness (QED) is 0.810. The maximum Gasteiger partial charge on any atom is 0.0678 e. The molecule has 1 saturated heterocycles. The Morgan fingerprint density at radius 1 is 1.17 bits per heavy atom. The lowest BCUT2D eigenvalue weighted by Crippen LogP contribution is -2.44. The summed E-state index contributed by atoms with van der Waals surface area (Å²) in [5.41, 5.74) is 2.65. The number of nitrogens with zero attached hydrogens (tertiary/aromatic N) is 1. The van der Waals surface area contributed by atoms with Crippen LogP contribution in [0.15, 0.2) is 30.3 Å². The second-order valence-corrected chi connectivity index (χ2v) is 5.19. The lowest BCUT2D eigenvalue weighted by Gasteiger charge is -2.35. The molecule has 18 heavy (non-hydrogen) atoms. The van der Waals surface area contributed by atoms with Gasteiger partial charge in [0.05, 0.1) is 12.2 Å². The number of rotatable bonds is 3. The third-order valence-corrected chi connectivity index (χ3v) is 3.24. The molecule has 1 aromatic carbocycles. The largest absolute Gasteiger partial charge is 0.373 e. The first-order valence-corrected chi connectivity index (χ1v) is 6.77. The lowest BCUT2D eigenvalue weighted by atomic mass is 10.1. The van der Waals surface area contributed by atoms with Crippen molar-refractivity contribution in [1.29, 1.82) is 0 Å². The van der Waals surface area contributed by atoms with Crippen LogP contribution in [0.3, 0.4) is 0 Å². The van der Waals surface area contributed by atoms with E-state index in [9.17, 15) is 0 Å². The second-order valence-electron chi connectivity index (χ2n) is 5.19. The minimum absolute atomic E-state index is 0.344. The van der Waals surface area contributed by atoms with Crippen LogP contribution < -0.4 is 0 Å². The number of allylic oxidation sites excluding steroid dienone is 1. The Balaban J connectivity index is 1.96. The van der Waals surface area contributed by atoms with Crippen molar-refractivity contribution in [2.45, 2.75) is 39.5 Å². The summed E-state index contributed by atoms with van der Waals surface area (Å²) >= 11 is 0. The van der Waals surface area contributed by atoms with Crippen molar-refractivity contribution in [3.8, 4) is 0 Å². The molecule has 2 heteroatoms. The first-order valence-electron chi connectivity index (χ1n) is 6.77. The maximum absolute atomic E-state index is 5.75. The van der Waals surface area contributed by atoms with Gasteiger partial charge in [-0.1, -0.05) is 36.4 Å². The summed E-state index contributed by atoms with van der Waals surface area (Å²) in [5, 5.41) is 0. The van der Waals surface area contributed by atoms with Crippen molar-refractivity contribution in [2.75, 3.05) is 13.1 Å². The van der Waals surface area contributed by atoms with Crippen LogP contribution in [0, 0.1) is 0 Å². The Morgan fingerprint density at radius 3 is 2.33 bits per heavy atom. The van der Waals surface area contributed by atoms with Gasteiger partial charge < -0.3 is 4.74 Å². The molecule has 1 aromatic rings. The minimum atomic E-state index is 0.344. The molecule has 0 saturated carbocycles. The van der Waals surface area contributed by atoms with E-state index >= 15 is 0 Å². The Morgan fingerprint density at radius 2 is 1.78 bits per heavy atom. The molecule has 0 aromatic heterocycles. The van der Waals surface area contributed by atoms with Gasteiger partial charge in [0.1, 0.15) is 0 Å². The first kappa shape index (κ1) is 13.3. The summed E-state index contributed by atoms with van der Waals surface area (Å²) in [6, 6.07) is 8.81. The standard InChI is InChI=1S/C16H23NO/c1-4-5-15-6-8-16(9-7-15)12-17-10-13(2)18-14(3)11-17/h4-9,13-14H,10-12H2,1-3H3/b5-4+. The smallest absolute Gasteiger partial charge is 0.0678 e. The van der Waals surface area contributed by atoms with Crippen LogP contribution >= 0.6 is 0 Å². The molecule has 0 radical (unpaired) electrons. The van der Waals surface area contributed by atoms with E-state index in [1.165, 1.54) is 11.1 Å². The zero-order valence-corrected chi connectivity index (χ0v) is 11.6. The van der Waals surface area contributed by atoms with Gasteiger partial charge in [-0.2, -0.15) is 0 Å². The van der Waals surface area contributed by atoms with E-state index in [-0.39, 0.29) is 0 Å². The van der Waals surface area contributed by atoms with E-state index in [0.29, 0.717) is 12.2 Å². The molecule has 0 amide bonds. The van der Waals surface area contributed by atoms with Crippen LogP contribution in [0.2, 0.25) is 0 Å². The van der Waals surface area contributed by atoms with E-state index in [1.807, 2.05) is 6.92 Å². The number of morpholine rings is 1. The van der Waals surface area contributed by atoms with Crippen molar-refractivity contribution in [3.05, 3.63) is 41.5 Å². The number of benzene rings is 1. The molecule has 2 nitrogen and oxygen atoms in total. The predicted molar refractivity (Wildman–Crippen MR) is 76.4 cm³/mol. The summed E-state index contributed by atoms with van der Waals surface area (Å²) in [6.45, 7) is 9.43. The third-order valence-electron chi connectivity index (χ3n) is 3.24. The van der Waals surface area contributed by atoms with Crippen LogP contribution in [0.25, 0.3) is 6.08 Å². The highest BCUT2D eigenvalue weighted by Gasteiger charge is 2.21. The summed E-state index contributed by atoms with van der Waals surface area (Å²) in [5.74, 6) is 0. The van der Waals surface area contributed by atoms with E-state index in [2.05, 4.69) is 55.2 Å². The van der Waals surface area contributed by atoms with Gasteiger partial charge >= 0.3 is 0 Å². The van der Waals surface area contributed by atoms with Crippen LogP contribution in [0.4, 0.5) is 0 Å². The van der Waals surface area contributed by atoms with Gasteiger partial charge in [-0.15, -0.1) is 0 Å². The molecule has 98 valence electrons. The SMILES string of the molecule is C/C=C/c1ccc(CN2CC(C)OC(C)C2)cc1. The summed E-state index contributed by atoms with van der Waals surface area (Å²) in [4.78, 5) is 2.48. The Labute approximate surface area is 110 Å². The number of hydrogen-bond acceptors (Lipinski definition) is 2. The summed E-state index contributed by atoms with van der Waals surface area (Å²) < 4.78 is 5.75. The fraction of sp³-hybridized carbons (Fsp3) is 0.500. The summed E-state index contributed by atoms with van der Waals surface area (Å²) in [7, 11) is 0. The molecule has 2 atom stereocenters. The maximum atomic E-state index is 5.75. The van der Waals surface area contributed by atoms with Gasteiger partial charge in [-0.3, -0.25) is 4.90 Å². The zero-order chi connectivity index (χ0) is 13.0. The Bertz CT molecular complexity index is 386. The average Bonchev–Trinajstić information content (AvgIpc) is 2.31. The molecular formula is C16H23NO. The normalized spacial score (nSPS) is 25.7. The zero-order valence-electron chi connectivity index (χ0n) is 11.6. The molecular weight excluding hydrogens is 222 g/mol. The first-order chi connectivity index (χ1) is 8.67. The molecule has 0 N–H and O–H groups in total. The van der Waals surface area contributed by atoms with Crippen molar-refractivity contribution < 1.29 is 4.74 Å². The topological polar surface area (TPSA) is 12.5 Å². The third kappa shape index (κ3) is 3.69. The Hall–Kier alpha value is -1.12. The van der Waals surface area contributed by atoms with Crippen molar-refractivity contribution >= 4 is 6.08 Å². The number of hydrogen-bond donors (Lipinski definition) is 0. The fourth-order valence-electron chi connectivity index (χ4n) is 2.60. The van der Waals surface area contributed by atoms with Gasteiger partial charge in [0.25, 0.3) is 0 Å². The lowest BCUT2D eigenvalue weighted by molar-refractivity contribution is -0.0704. The highest BCUT2D eigenvalue weighted by Crippen LogP contribution is 2.15. The molecule has 1 aliphatic heterocycles. The van der Waals surface area contributed by atoms with Gasteiger partial charge in [-0.25, -0.2) is 0 Å². The molecule has 0 aliphatic carbocycles.